The Balaban J connectivity index is 2.36. The molecule has 1 aliphatic rings. The van der Waals surface area contributed by atoms with Crippen molar-refractivity contribution in [2.24, 2.45) is 0 Å². The summed E-state index contributed by atoms with van der Waals surface area (Å²) in [4.78, 5) is 25.3. The van der Waals surface area contributed by atoms with Gasteiger partial charge in [0, 0.05) is 25.2 Å². The molecule has 0 saturated carbocycles. The van der Waals surface area contributed by atoms with Gasteiger partial charge in [-0.15, -0.1) is 0 Å². The van der Waals surface area contributed by atoms with Crippen LogP contribution < -0.4 is 10.6 Å². The molecule has 0 aliphatic carbocycles. The number of carbonyl (C=O) groups is 2. The first-order valence-electron chi connectivity index (χ1n) is 7.51. The summed E-state index contributed by atoms with van der Waals surface area (Å²) >= 11 is 0. The Morgan fingerprint density at radius 3 is 2.80 bits per heavy atom. The molecule has 1 heterocycles. The molecule has 1 rings (SSSR count). The SMILES string of the molecule is CCOC(=O)NC1CCCN(C(=O)CNC(C)CC)C1. The monoisotopic (exact) mass is 285 g/mol. The van der Waals surface area contributed by atoms with Gasteiger partial charge in [-0.2, -0.15) is 0 Å². The van der Waals surface area contributed by atoms with Crippen LogP contribution in [0.25, 0.3) is 0 Å². The number of carbonyl (C=O) groups excluding carboxylic acids is 2. The van der Waals surface area contributed by atoms with Gasteiger partial charge < -0.3 is 20.3 Å². The number of alkyl carbamates (subject to hydrolysis) is 1. The fourth-order valence-electron chi connectivity index (χ4n) is 2.18. The molecule has 1 aliphatic heterocycles. The zero-order valence-electron chi connectivity index (χ0n) is 12.8. The highest BCUT2D eigenvalue weighted by Crippen LogP contribution is 2.10. The molecule has 0 aromatic rings. The Bertz CT molecular complexity index is 323. The largest absolute Gasteiger partial charge is 0.450 e. The summed E-state index contributed by atoms with van der Waals surface area (Å²) in [6.07, 6.45) is 2.40. The summed E-state index contributed by atoms with van der Waals surface area (Å²) in [5.74, 6) is 0.0978. The minimum atomic E-state index is -0.399. The van der Waals surface area contributed by atoms with Gasteiger partial charge in [0.15, 0.2) is 0 Å². The topological polar surface area (TPSA) is 70.7 Å². The zero-order chi connectivity index (χ0) is 15.0. The average molecular weight is 285 g/mol. The van der Waals surface area contributed by atoms with Crippen LogP contribution in [0.4, 0.5) is 4.79 Å². The Kier molecular flexibility index (Phi) is 7.36. The third-order valence-electron chi connectivity index (χ3n) is 3.59. The van der Waals surface area contributed by atoms with Gasteiger partial charge in [0.2, 0.25) is 5.91 Å². The Labute approximate surface area is 121 Å². The van der Waals surface area contributed by atoms with E-state index in [1.807, 2.05) is 4.90 Å². The molecule has 1 fully saturated rings. The van der Waals surface area contributed by atoms with Crippen LogP contribution in [0.5, 0.6) is 0 Å². The lowest BCUT2D eigenvalue weighted by atomic mass is 10.1. The maximum atomic E-state index is 12.1. The van der Waals surface area contributed by atoms with E-state index in [1.165, 1.54) is 0 Å². The molecule has 2 N–H and O–H groups in total. The van der Waals surface area contributed by atoms with Crippen molar-refractivity contribution < 1.29 is 14.3 Å². The fourth-order valence-corrected chi connectivity index (χ4v) is 2.18. The predicted molar refractivity (Wildman–Crippen MR) is 77.5 cm³/mol. The lowest BCUT2D eigenvalue weighted by Crippen LogP contribution is -2.51. The van der Waals surface area contributed by atoms with Crippen molar-refractivity contribution >= 4 is 12.0 Å². The summed E-state index contributed by atoms with van der Waals surface area (Å²) in [5, 5.41) is 6.01. The molecule has 2 atom stereocenters. The second-order valence-electron chi connectivity index (χ2n) is 5.23. The van der Waals surface area contributed by atoms with Crippen molar-refractivity contribution in [3.8, 4) is 0 Å². The Hall–Kier alpha value is -1.30. The van der Waals surface area contributed by atoms with Gasteiger partial charge in [-0.1, -0.05) is 6.92 Å². The van der Waals surface area contributed by atoms with E-state index in [1.54, 1.807) is 6.92 Å². The summed E-state index contributed by atoms with van der Waals surface area (Å²) in [6, 6.07) is 0.340. The molecule has 116 valence electrons. The van der Waals surface area contributed by atoms with Gasteiger partial charge in [0.05, 0.1) is 13.2 Å². The number of amides is 2. The maximum Gasteiger partial charge on any atom is 0.407 e. The van der Waals surface area contributed by atoms with Gasteiger partial charge in [-0.25, -0.2) is 4.79 Å². The molecule has 0 radical (unpaired) electrons. The van der Waals surface area contributed by atoms with E-state index < -0.39 is 6.09 Å². The molecule has 0 bridgehead atoms. The lowest BCUT2D eigenvalue weighted by molar-refractivity contribution is -0.131. The van der Waals surface area contributed by atoms with E-state index in [2.05, 4.69) is 24.5 Å². The highest BCUT2D eigenvalue weighted by atomic mass is 16.5. The maximum absolute atomic E-state index is 12.1. The van der Waals surface area contributed by atoms with Crippen molar-refractivity contribution in [1.82, 2.24) is 15.5 Å². The number of rotatable bonds is 6. The molecule has 1 saturated heterocycles. The van der Waals surface area contributed by atoms with Gasteiger partial charge in [-0.05, 0) is 33.1 Å². The van der Waals surface area contributed by atoms with Crippen LogP contribution in [0.3, 0.4) is 0 Å². The van der Waals surface area contributed by atoms with Crippen molar-refractivity contribution in [2.45, 2.75) is 52.1 Å². The third-order valence-corrected chi connectivity index (χ3v) is 3.59. The zero-order valence-corrected chi connectivity index (χ0v) is 12.8. The predicted octanol–water partition coefficient (Wildman–Crippen LogP) is 1.11. The quantitative estimate of drug-likeness (QED) is 0.767. The minimum Gasteiger partial charge on any atom is -0.450 e. The second-order valence-corrected chi connectivity index (χ2v) is 5.23. The number of nitrogens with one attached hydrogen (secondary N) is 2. The molecular weight excluding hydrogens is 258 g/mol. The summed E-state index contributed by atoms with van der Waals surface area (Å²) in [6.45, 7) is 7.98. The van der Waals surface area contributed by atoms with Gasteiger partial charge >= 0.3 is 6.09 Å². The smallest absolute Gasteiger partial charge is 0.407 e. The van der Waals surface area contributed by atoms with Crippen LogP contribution in [0, 0.1) is 0 Å². The van der Waals surface area contributed by atoms with Crippen LogP contribution in [0.2, 0.25) is 0 Å². The number of piperidine rings is 1. The van der Waals surface area contributed by atoms with Crippen molar-refractivity contribution in [3.63, 3.8) is 0 Å². The first-order chi connectivity index (χ1) is 9.56. The molecule has 0 aromatic carbocycles. The van der Waals surface area contributed by atoms with Crippen LogP contribution >= 0.6 is 0 Å². The van der Waals surface area contributed by atoms with E-state index in [0.717, 1.165) is 25.8 Å². The van der Waals surface area contributed by atoms with Gasteiger partial charge in [0.1, 0.15) is 0 Å². The number of nitrogens with zero attached hydrogens (tertiary/aromatic N) is 1. The van der Waals surface area contributed by atoms with E-state index in [9.17, 15) is 9.59 Å². The highest BCUT2D eigenvalue weighted by Gasteiger charge is 2.24. The lowest BCUT2D eigenvalue weighted by Gasteiger charge is -2.33. The van der Waals surface area contributed by atoms with Crippen LogP contribution in [-0.4, -0.2) is 55.2 Å². The van der Waals surface area contributed by atoms with Gasteiger partial charge in [-0.3, -0.25) is 4.79 Å². The normalized spacial score (nSPS) is 20.4. The highest BCUT2D eigenvalue weighted by molar-refractivity contribution is 5.78. The summed E-state index contributed by atoms with van der Waals surface area (Å²) < 4.78 is 4.87. The van der Waals surface area contributed by atoms with Crippen molar-refractivity contribution in [2.75, 3.05) is 26.2 Å². The molecule has 0 aromatic heterocycles. The Morgan fingerprint density at radius 2 is 2.15 bits per heavy atom. The fraction of sp³-hybridized carbons (Fsp3) is 0.857. The average Bonchev–Trinajstić information content (AvgIpc) is 2.44. The van der Waals surface area contributed by atoms with Gasteiger partial charge in [0.25, 0.3) is 0 Å². The third kappa shape index (κ3) is 5.77. The first-order valence-corrected chi connectivity index (χ1v) is 7.51. The van der Waals surface area contributed by atoms with Crippen LogP contribution in [0.1, 0.15) is 40.0 Å². The minimum absolute atomic E-state index is 0.00431. The molecule has 2 amide bonds. The van der Waals surface area contributed by atoms with E-state index >= 15 is 0 Å². The van der Waals surface area contributed by atoms with Crippen LogP contribution in [0.15, 0.2) is 0 Å². The molecule has 6 heteroatoms. The van der Waals surface area contributed by atoms with E-state index in [0.29, 0.717) is 25.7 Å². The van der Waals surface area contributed by atoms with E-state index in [-0.39, 0.29) is 11.9 Å². The molecule has 2 unspecified atom stereocenters. The number of ether oxygens (including phenoxy) is 1. The Morgan fingerprint density at radius 1 is 1.40 bits per heavy atom. The first kappa shape index (κ1) is 16.8. The molecule has 20 heavy (non-hydrogen) atoms. The number of hydrogen-bond acceptors (Lipinski definition) is 4. The number of likely N-dealkylation sites (tertiary alicyclic amines) is 1. The second kappa shape index (κ2) is 8.79. The van der Waals surface area contributed by atoms with E-state index in [4.69, 9.17) is 4.74 Å². The molecular formula is C14H27N3O3. The van der Waals surface area contributed by atoms with Crippen LogP contribution in [-0.2, 0) is 9.53 Å². The molecule has 0 spiro atoms. The summed E-state index contributed by atoms with van der Waals surface area (Å²) in [7, 11) is 0. The van der Waals surface area contributed by atoms with Crippen molar-refractivity contribution in [1.29, 1.82) is 0 Å². The van der Waals surface area contributed by atoms with Crippen molar-refractivity contribution in [3.05, 3.63) is 0 Å². The molecule has 6 nitrogen and oxygen atoms in total. The standard InChI is InChI=1S/C14H27N3O3/c1-4-11(3)15-9-13(18)17-8-6-7-12(10-17)16-14(19)20-5-2/h11-12,15H,4-10H2,1-3H3,(H,16,19). The summed E-state index contributed by atoms with van der Waals surface area (Å²) in [5.41, 5.74) is 0. The number of hydrogen-bond donors (Lipinski definition) is 2.